The Hall–Kier alpha value is -1.86. The molecule has 1 aromatic carbocycles. The van der Waals surface area contributed by atoms with Crippen LogP contribution in [0.4, 0.5) is 0 Å². The number of hydrogen-bond donors (Lipinski definition) is 3. The van der Waals surface area contributed by atoms with E-state index in [1.165, 1.54) is 11.8 Å². The van der Waals surface area contributed by atoms with Gasteiger partial charge in [-0.3, -0.25) is 15.3 Å². The first kappa shape index (κ1) is 12.6. The predicted molar refractivity (Wildman–Crippen MR) is 69.5 cm³/mol. The van der Waals surface area contributed by atoms with Crippen molar-refractivity contribution in [3.8, 4) is 11.4 Å². The van der Waals surface area contributed by atoms with Crippen molar-refractivity contribution in [2.45, 2.75) is 17.3 Å². The molecular formula is C11H13N5OS. The molecule has 0 bridgehead atoms. The Labute approximate surface area is 108 Å². The summed E-state index contributed by atoms with van der Waals surface area (Å²) in [6, 6.07) is 9.66. The number of H-pyrrole nitrogens is 1. The number of nitrogens with two attached hydrogens (primary N) is 1. The van der Waals surface area contributed by atoms with Crippen LogP contribution in [0.1, 0.15) is 6.92 Å². The zero-order chi connectivity index (χ0) is 13.0. The molecule has 1 heterocycles. The molecule has 0 aliphatic carbocycles. The lowest BCUT2D eigenvalue weighted by molar-refractivity contribution is -0.120. The maximum Gasteiger partial charge on any atom is 0.247 e. The van der Waals surface area contributed by atoms with E-state index in [1.54, 1.807) is 6.92 Å². The van der Waals surface area contributed by atoms with Crippen LogP contribution in [0.3, 0.4) is 0 Å². The van der Waals surface area contributed by atoms with Crippen LogP contribution in [0.25, 0.3) is 11.4 Å². The molecule has 6 nitrogen and oxygen atoms in total. The third-order valence-electron chi connectivity index (χ3n) is 2.31. The van der Waals surface area contributed by atoms with E-state index in [1.807, 2.05) is 30.3 Å². The van der Waals surface area contributed by atoms with Crippen molar-refractivity contribution >= 4 is 17.7 Å². The molecule has 2 rings (SSSR count). The second kappa shape index (κ2) is 5.65. The SMILES string of the molecule is CC(Sc1n[nH]c(-c2ccccc2)n1)C(=O)NN. The maximum atomic E-state index is 11.3. The van der Waals surface area contributed by atoms with Crippen molar-refractivity contribution in [1.82, 2.24) is 20.6 Å². The number of carbonyl (C=O) groups is 1. The van der Waals surface area contributed by atoms with Crippen molar-refractivity contribution < 1.29 is 4.79 Å². The molecule has 18 heavy (non-hydrogen) atoms. The molecule has 0 saturated carbocycles. The van der Waals surface area contributed by atoms with Gasteiger partial charge in [0, 0.05) is 5.56 Å². The third-order valence-corrected chi connectivity index (χ3v) is 3.27. The van der Waals surface area contributed by atoms with E-state index in [2.05, 4.69) is 20.6 Å². The van der Waals surface area contributed by atoms with E-state index in [-0.39, 0.29) is 11.2 Å². The van der Waals surface area contributed by atoms with Gasteiger partial charge in [0.15, 0.2) is 5.82 Å². The minimum Gasteiger partial charge on any atom is -0.293 e. The number of carbonyl (C=O) groups excluding carboxylic acids is 1. The summed E-state index contributed by atoms with van der Waals surface area (Å²) in [5.74, 6) is 5.48. The van der Waals surface area contributed by atoms with E-state index in [0.29, 0.717) is 11.0 Å². The van der Waals surface area contributed by atoms with Gasteiger partial charge in [-0.25, -0.2) is 10.8 Å². The fourth-order valence-corrected chi connectivity index (χ4v) is 2.09. The zero-order valence-corrected chi connectivity index (χ0v) is 10.6. The van der Waals surface area contributed by atoms with Gasteiger partial charge in [0.25, 0.3) is 0 Å². The molecule has 1 unspecified atom stereocenters. The lowest BCUT2D eigenvalue weighted by atomic mass is 10.2. The highest BCUT2D eigenvalue weighted by atomic mass is 32.2. The second-order valence-electron chi connectivity index (χ2n) is 3.60. The quantitative estimate of drug-likeness (QED) is 0.330. The van der Waals surface area contributed by atoms with Crippen molar-refractivity contribution in [2.75, 3.05) is 0 Å². The van der Waals surface area contributed by atoms with Crippen LogP contribution in [0.2, 0.25) is 0 Å². The van der Waals surface area contributed by atoms with Gasteiger partial charge in [0.05, 0.1) is 5.25 Å². The average Bonchev–Trinajstić information content (AvgIpc) is 2.87. The molecule has 0 fully saturated rings. The second-order valence-corrected chi connectivity index (χ2v) is 4.91. The molecule has 0 aliphatic heterocycles. The molecule has 0 radical (unpaired) electrons. The largest absolute Gasteiger partial charge is 0.293 e. The Morgan fingerprint density at radius 3 is 2.83 bits per heavy atom. The fourth-order valence-electron chi connectivity index (χ4n) is 1.35. The minimum absolute atomic E-state index is 0.258. The molecular weight excluding hydrogens is 250 g/mol. The van der Waals surface area contributed by atoms with Crippen LogP contribution >= 0.6 is 11.8 Å². The minimum atomic E-state index is -0.338. The first-order chi connectivity index (χ1) is 8.70. The summed E-state index contributed by atoms with van der Waals surface area (Å²) in [4.78, 5) is 15.6. The van der Waals surface area contributed by atoms with E-state index < -0.39 is 0 Å². The van der Waals surface area contributed by atoms with Gasteiger partial charge < -0.3 is 0 Å². The monoisotopic (exact) mass is 263 g/mol. The summed E-state index contributed by atoms with van der Waals surface area (Å²) in [6.07, 6.45) is 0. The van der Waals surface area contributed by atoms with Gasteiger partial charge in [-0.2, -0.15) is 0 Å². The molecule has 7 heteroatoms. The number of nitrogens with one attached hydrogen (secondary N) is 2. The van der Waals surface area contributed by atoms with Crippen molar-refractivity contribution in [3.63, 3.8) is 0 Å². The van der Waals surface area contributed by atoms with Crippen LogP contribution in [0, 0.1) is 0 Å². The lowest BCUT2D eigenvalue weighted by Crippen LogP contribution is -2.36. The van der Waals surface area contributed by atoms with E-state index in [0.717, 1.165) is 5.56 Å². The summed E-state index contributed by atoms with van der Waals surface area (Å²) in [6.45, 7) is 1.74. The number of hydrogen-bond acceptors (Lipinski definition) is 5. The number of amides is 1. The summed E-state index contributed by atoms with van der Waals surface area (Å²) in [7, 11) is 0. The van der Waals surface area contributed by atoms with Crippen LogP contribution in [-0.2, 0) is 4.79 Å². The van der Waals surface area contributed by atoms with Crippen LogP contribution in [-0.4, -0.2) is 26.3 Å². The normalized spacial score (nSPS) is 12.1. The van der Waals surface area contributed by atoms with Gasteiger partial charge in [0.1, 0.15) is 0 Å². The summed E-state index contributed by atoms with van der Waals surface area (Å²) < 4.78 is 0. The summed E-state index contributed by atoms with van der Waals surface area (Å²) in [5.41, 5.74) is 3.05. The highest BCUT2D eigenvalue weighted by Crippen LogP contribution is 2.22. The third kappa shape index (κ3) is 2.88. The van der Waals surface area contributed by atoms with E-state index >= 15 is 0 Å². The molecule has 0 aliphatic rings. The van der Waals surface area contributed by atoms with Crippen molar-refractivity contribution in [1.29, 1.82) is 0 Å². The van der Waals surface area contributed by atoms with Gasteiger partial charge in [0.2, 0.25) is 11.1 Å². The van der Waals surface area contributed by atoms with Gasteiger partial charge >= 0.3 is 0 Å². The number of nitrogens with zero attached hydrogens (tertiary/aromatic N) is 2. The molecule has 1 atom stereocenters. The first-order valence-corrected chi connectivity index (χ1v) is 6.23. The fraction of sp³-hybridized carbons (Fsp3) is 0.182. The Kier molecular flexibility index (Phi) is 3.96. The van der Waals surface area contributed by atoms with Crippen LogP contribution in [0.5, 0.6) is 0 Å². The van der Waals surface area contributed by atoms with Gasteiger partial charge in [-0.05, 0) is 6.92 Å². The molecule has 0 spiro atoms. The van der Waals surface area contributed by atoms with Crippen molar-refractivity contribution in [2.24, 2.45) is 5.84 Å². The van der Waals surface area contributed by atoms with Gasteiger partial charge in [-0.15, -0.1) is 5.10 Å². The average molecular weight is 263 g/mol. The topological polar surface area (TPSA) is 96.7 Å². The Morgan fingerprint density at radius 2 is 2.17 bits per heavy atom. The molecule has 1 aromatic heterocycles. The highest BCUT2D eigenvalue weighted by Gasteiger charge is 2.16. The maximum absolute atomic E-state index is 11.3. The zero-order valence-electron chi connectivity index (χ0n) is 9.75. The molecule has 94 valence electrons. The van der Waals surface area contributed by atoms with Gasteiger partial charge in [-0.1, -0.05) is 42.1 Å². The predicted octanol–water partition coefficient (Wildman–Crippen LogP) is 0.942. The van der Waals surface area contributed by atoms with E-state index in [9.17, 15) is 4.79 Å². The number of thioether (sulfide) groups is 1. The Morgan fingerprint density at radius 1 is 1.44 bits per heavy atom. The summed E-state index contributed by atoms with van der Waals surface area (Å²) in [5, 5.41) is 7.07. The van der Waals surface area contributed by atoms with E-state index in [4.69, 9.17) is 5.84 Å². The van der Waals surface area contributed by atoms with Crippen LogP contribution in [0.15, 0.2) is 35.5 Å². The first-order valence-electron chi connectivity index (χ1n) is 5.35. The number of aromatic nitrogens is 3. The molecule has 2 aromatic rings. The Balaban J connectivity index is 2.09. The smallest absolute Gasteiger partial charge is 0.247 e. The van der Waals surface area contributed by atoms with Crippen LogP contribution < -0.4 is 11.3 Å². The molecule has 1 amide bonds. The standard InChI is InChI=1S/C11H13N5OS/c1-7(10(17)14-12)18-11-13-9(15-16-11)8-5-3-2-4-6-8/h2-7H,12H2,1H3,(H,14,17)(H,13,15,16). The van der Waals surface area contributed by atoms with Crippen molar-refractivity contribution in [3.05, 3.63) is 30.3 Å². The lowest BCUT2D eigenvalue weighted by Gasteiger charge is -2.05. The molecule has 4 N–H and O–H groups in total. The number of aromatic amines is 1. The highest BCUT2D eigenvalue weighted by molar-refractivity contribution is 8.00. The summed E-state index contributed by atoms with van der Waals surface area (Å²) >= 11 is 1.25. The number of rotatable bonds is 4. The molecule has 0 saturated heterocycles. The Bertz CT molecular complexity index is 527. The number of hydrazine groups is 1. The number of benzene rings is 1.